The van der Waals surface area contributed by atoms with E-state index in [1.54, 1.807) is 12.1 Å². The summed E-state index contributed by atoms with van der Waals surface area (Å²) in [4.78, 5) is 19.0. The Morgan fingerprint density at radius 3 is 2.77 bits per heavy atom. The number of benzene rings is 2. The quantitative estimate of drug-likeness (QED) is 0.573. The number of carboxylic acids is 1. The van der Waals surface area contributed by atoms with Crippen molar-refractivity contribution in [3.8, 4) is 11.5 Å². The summed E-state index contributed by atoms with van der Waals surface area (Å²) in [5, 5.41) is 9.49. The van der Waals surface area contributed by atoms with Crippen LogP contribution in [0.1, 0.15) is 53.8 Å². The molecule has 4 heterocycles. The number of nitrogens with zero attached hydrogens (tertiary/aromatic N) is 3. The molecule has 2 fully saturated rings. The molecular weight excluding hydrogens is 446 g/mol. The highest BCUT2D eigenvalue weighted by molar-refractivity contribution is 5.92. The largest absolute Gasteiger partial charge is 0.486 e. The number of carbonyl (C=O) groups is 1. The van der Waals surface area contributed by atoms with Crippen LogP contribution < -0.4 is 9.47 Å². The third-order valence-electron chi connectivity index (χ3n) is 7.65. The molecule has 3 aliphatic rings. The van der Waals surface area contributed by atoms with E-state index in [4.69, 9.17) is 19.2 Å². The van der Waals surface area contributed by atoms with Gasteiger partial charge in [0.05, 0.1) is 35.8 Å². The van der Waals surface area contributed by atoms with Crippen LogP contribution in [-0.2, 0) is 17.8 Å². The molecule has 2 saturated heterocycles. The van der Waals surface area contributed by atoms with Crippen LogP contribution in [0.3, 0.4) is 0 Å². The van der Waals surface area contributed by atoms with E-state index in [1.807, 2.05) is 12.1 Å². The van der Waals surface area contributed by atoms with E-state index in [0.29, 0.717) is 31.7 Å². The predicted molar refractivity (Wildman–Crippen MR) is 130 cm³/mol. The molecule has 3 unspecified atom stereocenters. The zero-order valence-corrected chi connectivity index (χ0v) is 20.0. The zero-order valence-electron chi connectivity index (χ0n) is 20.0. The Kier molecular flexibility index (Phi) is 5.86. The highest BCUT2D eigenvalue weighted by atomic mass is 16.6. The molecule has 35 heavy (non-hydrogen) atoms. The second-order valence-electron chi connectivity index (χ2n) is 9.84. The van der Waals surface area contributed by atoms with Gasteiger partial charge in [0.15, 0.2) is 11.5 Å². The number of piperidine rings is 1. The van der Waals surface area contributed by atoms with Gasteiger partial charge >= 0.3 is 5.97 Å². The van der Waals surface area contributed by atoms with Crippen molar-refractivity contribution in [3.05, 3.63) is 53.3 Å². The molecule has 184 valence electrons. The maximum absolute atomic E-state index is 11.6. The Balaban J connectivity index is 1.23. The number of rotatable bonds is 6. The zero-order chi connectivity index (χ0) is 23.9. The minimum atomic E-state index is -0.922. The minimum absolute atomic E-state index is 0.161. The summed E-state index contributed by atoms with van der Waals surface area (Å²) in [6, 6.07) is 11.8. The van der Waals surface area contributed by atoms with E-state index in [-0.39, 0.29) is 11.7 Å². The first-order chi connectivity index (χ1) is 17.1. The molecule has 0 bridgehead atoms. The fourth-order valence-electron chi connectivity index (χ4n) is 5.60. The number of para-hydroxylation sites is 1. The molecule has 0 aliphatic carbocycles. The number of aromatic nitrogens is 2. The van der Waals surface area contributed by atoms with Crippen LogP contribution in [0.15, 0.2) is 36.4 Å². The van der Waals surface area contributed by atoms with Gasteiger partial charge in [-0.05, 0) is 62.9 Å². The highest BCUT2D eigenvalue weighted by Gasteiger charge is 2.31. The number of carboxylic acid groups (broad SMARTS) is 1. The lowest BCUT2D eigenvalue weighted by Gasteiger charge is -2.38. The van der Waals surface area contributed by atoms with E-state index in [0.717, 1.165) is 67.3 Å². The van der Waals surface area contributed by atoms with Crippen molar-refractivity contribution in [2.24, 2.45) is 0 Å². The van der Waals surface area contributed by atoms with Crippen molar-refractivity contribution in [1.82, 2.24) is 14.5 Å². The SMILES string of the molecule is CC1CC(c2cccc3c2OCCO3)CCN1Cc1nc2ccc(C(=O)O)cc2n1CC1CCO1. The lowest BCUT2D eigenvalue weighted by molar-refractivity contribution is -0.0592. The molecule has 0 saturated carbocycles. The topological polar surface area (TPSA) is 86.0 Å². The summed E-state index contributed by atoms with van der Waals surface area (Å²) in [5.41, 5.74) is 3.24. The van der Waals surface area contributed by atoms with Gasteiger partial charge in [-0.15, -0.1) is 0 Å². The van der Waals surface area contributed by atoms with Crippen LogP contribution in [0.4, 0.5) is 0 Å². The van der Waals surface area contributed by atoms with E-state index >= 15 is 0 Å². The lowest BCUT2D eigenvalue weighted by Crippen LogP contribution is -2.40. The molecular formula is C27H31N3O5. The van der Waals surface area contributed by atoms with E-state index in [9.17, 15) is 9.90 Å². The lowest BCUT2D eigenvalue weighted by atomic mass is 9.85. The standard InChI is InChI=1S/C27H31N3O5/c1-17-13-18(21-3-2-4-24-26(21)35-12-11-34-24)7-9-29(17)16-25-28-22-6-5-19(27(31)32)14-23(22)30(25)15-20-8-10-33-20/h2-6,14,17-18,20H,7-13,15-16H2,1H3,(H,31,32). The summed E-state index contributed by atoms with van der Waals surface area (Å²) in [6.45, 7) is 6.66. The van der Waals surface area contributed by atoms with Crippen LogP contribution >= 0.6 is 0 Å². The van der Waals surface area contributed by atoms with Crippen LogP contribution in [0.2, 0.25) is 0 Å². The molecule has 3 atom stereocenters. The summed E-state index contributed by atoms with van der Waals surface area (Å²) in [6.07, 6.45) is 3.26. The molecule has 6 rings (SSSR count). The van der Waals surface area contributed by atoms with Crippen molar-refractivity contribution < 1.29 is 24.1 Å². The van der Waals surface area contributed by atoms with Crippen molar-refractivity contribution in [1.29, 1.82) is 0 Å². The summed E-state index contributed by atoms with van der Waals surface area (Å²) in [7, 11) is 0. The first-order valence-corrected chi connectivity index (χ1v) is 12.5. The molecule has 0 spiro atoms. The molecule has 1 N–H and O–H groups in total. The van der Waals surface area contributed by atoms with Gasteiger partial charge in [-0.2, -0.15) is 0 Å². The van der Waals surface area contributed by atoms with Gasteiger partial charge in [-0.3, -0.25) is 4.90 Å². The maximum Gasteiger partial charge on any atom is 0.335 e. The number of imidazole rings is 1. The third kappa shape index (κ3) is 4.25. The van der Waals surface area contributed by atoms with Crippen LogP contribution in [0.25, 0.3) is 11.0 Å². The summed E-state index contributed by atoms with van der Waals surface area (Å²) >= 11 is 0. The molecule has 3 aliphatic heterocycles. The summed E-state index contributed by atoms with van der Waals surface area (Å²) < 4.78 is 19.7. The van der Waals surface area contributed by atoms with Gasteiger partial charge in [-0.25, -0.2) is 9.78 Å². The van der Waals surface area contributed by atoms with Crippen molar-refractivity contribution in [3.63, 3.8) is 0 Å². The second-order valence-corrected chi connectivity index (χ2v) is 9.84. The van der Waals surface area contributed by atoms with Crippen molar-refractivity contribution in [2.75, 3.05) is 26.4 Å². The summed E-state index contributed by atoms with van der Waals surface area (Å²) in [5.74, 6) is 2.25. The molecule has 3 aromatic rings. The first-order valence-electron chi connectivity index (χ1n) is 12.5. The maximum atomic E-state index is 11.6. The number of aromatic carboxylic acids is 1. The van der Waals surface area contributed by atoms with Crippen LogP contribution in [0.5, 0.6) is 11.5 Å². The fourth-order valence-corrected chi connectivity index (χ4v) is 5.60. The average Bonchev–Trinajstić information content (AvgIpc) is 3.18. The van der Waals surface area contributed by atoms with E-state index in [1.165, 1.54) is 5.56 Å². The molecule has 8 heteroatoms. The second kappa shape index (κ2) is 9.17. The minimum Gasteiger partial charge on any atom is -0.486 e. The monoisotopic (exact) mass is 477 g/mol. The Labute approximate surface area is 204 Å². The van der Waals surface area contributed by atoms with Gasteiger partial charge in [0.1, 0.15) is 19.0 Å². The average molecular weight is 478 g/mol. The molecule has 2 aromatic carbocycles. The smallest absolute Gasteiger partial charge is 0.335 e. The van der Waals surface area contributed by atoms with Gasteiger partial charge in [0.2, 0.25) is 0 Å². The number of ether oxygens (including phenoxy) is 3. The van der Waals surface area contributed by atoms with E-state index in [2.05, 4.69) is 28.5 Å². The Bertz CT molecular complexity index is 1250. The van der Waals surface area contributed by atoms with Gasteiger partial charge in [0.25, 0.3) is 0 Å². The van der Waals surface area contributed by atoms with Crippen LogP contribution in [0, 0.1) is 0 Å². The van der Waals surface area contributed by atoms with Crippen molar-refractivity contribution in [2.45, 2.75) is 57.3 Å². The van der Waals surface area contributed by atoms with Crippen LogP contribution in [-0.4, -0.2) is 64.0 Å². The highest BCUT2D eigenvalue weighted by Crippen LogP contribution is 2.42. The Morgan fingerprint density at radius 1 is 1.14 bits per heavy atom. The normalized spacial score (nSPS) is 24.3. The van der Waals surface area contributed by atoms with Gasteiger partial charge < -0.3 is 23.9 Å². The number of fused-ring (bicyclic) bond motifs is 2. The third-order valence-corrected chi connectivity index (χ3v) is 7.65. The Hall–Kier alpha value is -3.10. The van der Waals surface area contributed by atoms with Crippen molar-refractivity contribution >= 4 is 17.0 Å². The molecule has 0 amide bonds. The number of likely N-dealkylation sites (tertiary alicyclic amines) is 1. The Morgan fingerprint density at radius 2 is 2.00 bits per heavy atom. The van der Waals surface area contributed by atoms with Gasteiger partial charge in [-0.1, -0.05) is 12.1 Å². The van der Waals surface area contributed by atoms with E-state index < -0.39 is 5.97 Å². The molecule has 8 nitrogen and oxygen atoms in total. The first kappa shape index (κ1) is 22.4. The number of hydrogen-bond acceptors (Lipinski definition) is 6. The predicted octanol–water partition coefficient (Wildman–Crippen LogP) is 4.06. The molecule has 0 radical (unpaired) electrons. The molecule has 1 aromatic heterocycles. The van der Waals surface area contributed by atoms with Gasteiger partial charge in [0, 0.05) is 18.2 Å². The fraction of sp³-hybridized carbons (Fsp3) is 0.481. The number of hydrogen-bond donors (Lipinski definition) is 1.